The normalized spacial score (nSPS) is 17.7. The van der Waals surface area contributed by atoms with Gasteiger partial charge in [-0.05, 0) is 35.9 Å². The van der Waals surface area contributed by atoms with Gasteiger partial charge in [0.1, 0.15) is 10.9 Å². The van der Waals surface area contributed by atoms with Crippen LogP contribution in [0.1, 0.15) is 27.8 Å². The average molecular weight is 286 g/mol. The van der Waals surface area contributed by atoms with Crippen LogP contribution in [0.5, 0.6) is 0 Å². The number of fused-ring (bicyclic) bond motifs is 1. The summed E-state index contributed by atoms with van der Waals surface area (Å²) in [5.74, 6) is 1.17. The van der Waals surface area contributed by atoms with E-state index in [0.29, 0.717) is 6.04 Å². The lowest BCUT2D eigenvalue weighted by Gasteiger charge is -2.25. The van der Waals surface area contributed by atoms with E-state index in [1.165, 1.54) is 21.1 Å². The van der Waals surface area contributed by atoms with Gasteiger partial charge in [0.15, 0.2) is 0 Å². The molecule has 1 atom stereocenters. The molecular formula is C15H14N2S2. The molecule has 1 N–H and O–H groups in total. The minimum absolute atomic E-state index is 0.435. The second-order valence-electron chi connectivity index (χ2n) is 4.49. The summed E-state index contributed by atoms with van der Waals surface area (Å²) >= 11 is 3.52. The molecule has 3 rings (SSSR count). The Kier molecular flexibility index (Phi) is 3.88. The van der Waals surface area contributed by atoms with Crippen LogP contribution in [0.4, 0.5) is 0 Å². The van der Waals surface area contributed by atoms with E-state index in [1.54, 1.807) is 11.3 Å². The van der Waals surface area contributed by atoms with Crippen molar-refractivity contribution in [2.24, 2.45) is 0 Å². The van der Waals surface area contributed by atoms with Crippen LogP contribution in [0.25, 0.3) is 0 Å². The van der Waals surface area contributed by atoms with Gasteiger partial charge in [-0.25, -0.2) is 0 Å². The first-order chi connectivity index (χ1) is 9.36. The van der Waals surface area contributed by atoms with Crippen molar-refractivity contribution in [3.63, 3.8) is 0 Å². The highest BCUT2D eigenvalue weighted by Gasteiger charge is 2.19. The number of hydrogen-bond donors (Lipinski definition) is 1. The summed E-state index contributed by atoms with van der Waals surface area (Å²) in [7, 11) is 0. The minimum atomic E-state index is 0.435. The lowest BCUT2D eigenvalue weighted by molar-refractivity contribution is 0.513. The Morgan fingerprint density at radius 3 is 3.00 bits per heavy atom. The molecule has 0 aliphatic carbocycles. The third-order valence-corrected chi connectivity index (χ3v) is 5.37. The van der Waals surface area contributed by atoms with E-state index in [4.69, 9.17) is 5.26 Å². The Hall–Kier alpha value is -1.28. The molecule has 2 heterocycles. The molecule has 0 saturated heterocycles. The Morgan fingerprint density at radius 2 is 2.16 bits per heavy atom. The van der Waals surface area contributed by atoms with E-state index >= 15 is 0 Å². The highest BCUT2D eigenvalue weighted by Crippen LogP contribution is 2.36. The summed E-state index contributed by atoms with van der Waals surface area (Å²) in [4.78, 5) is 3.42. The van der Waals surface area contributed by atoms with Crippen molar-refractivity contribution in [1.82, 2.24) is 5.32 Å². The van der Waals surface area contributed by atoms with Gasteiger partial charge in [0.2, 0.25) is 0 Å². The van der Waals surface area contributed by atoms with Crippen molar-refractivity contribution in [1.29, 1.82) is 5.26 Å². The zero-order valence-corrected chi connectivity index (χ0v) is 12.1. The molecular weight excluding hydrogens is 272 g/mol. The highest BCUT2D eigenvalue weighted by molar-refractivity contribution is 7.99. The first-order valence-electron chi connectivity index (χ1n) is 6.31. The van der Waals surface area contributed by atoms with Crippen LogP contribution in [0, 0.1) is 11.3 Å². The molecule has 2 aromatic rings. The predicted octanol–water partition coefficient (Wildman–Crippen LogP) is 3.95. The number of nitriles is 1. The van der Waals surface area contributed by atoms with Gasteiger partial charge in [0, 0.05) is 22.4 Å². The second-order valence-corrected chi connectivity index (χ2v) is 6.79. The molecule has 0 saturated carbocycles. The number of nitrogens with zero attached hydrogens (tertiary/aromatic N) is 1. The lowest BCUT2D eigenvalue weighted by atomic mass is 10.0. The summed E-state index contributed by atoms with van der Waals surface area (Å²) < 4.78 is 0. The molecule has 1 aromatic carbocycles. The third-order valence-electron chi connectivity index (χ3n) is 3.25. The van der Waals surface area contributed by atoms with Crippen LogP contribution in [0.2, 0.25) is 0 Å². The van der Waals surface area contributed by atoms with Crippen LogP contribution in [-0.2, 0) is 6.54 Å². The molecule has 0 spiro atoms. The summed E-state index contributed by atoms with van der Waals surface area (Å²) in [6.07, 6.45) is 1.16. The maximum Gasteiger partial charge on any atom is 0.110 e. The summed E-state index contributed by atoms with van der Waals surface area (Å²) in [5, 5.41) is 12.5. The Morgan fingerprint density at radius 1 is 1.26 bits per heavy atom. The third kappa shape index (κ3) is 2.84. The van der Waals surface area contributed by atoms with Crippen molar-refractivity contribution in [2.45, 2.75) is 23.9 Å². The fraction of sp³-hybridized carbons (Fsp3) is 0.267. The summed E-state index contributed by atoms with van der Waals surface area (Å²) in [6, 6.07) is 15.2. The van der Waals surface area contributed by atoms with Crippen molar-refractivity contribution in [3.05, 3.63) is 51.7 Å². The van der Waals surface area contributed by atoms with Crippen LogP contribution in [0.3, 0.4) is 0 Å². The molecule has 1 unspecified atom stereocenters. The summed E-state index contributed by atoms with van der Waals surface area (Å²) in [6.45, 7) is 0.843. The lowest BCUT2D eigenvalue weighted by Crippen LogP contribution is -2.23. The Labute approximate surface area is 121 Å². The van der Waals surface area contributed by atoms with Crippen molar-refractivity contribution >= 4 is 23.1 Å². The fourth-order valence-corrected chi connectivity index (χ4v) is 4.19. The molecule has 0 radical (unpaired) electrons. The number of rotatable bonds is 3. The molecule has 1 aromatic heterocycles. The zero-order valence-electron chi connectivity index (χ0n) is 10.4. The van der Waals surface area contributed by atoms with Gasteiger partial charge in [-0.1, -0.05) is 18.2 Å². The van der Waals surface area contributed by atoms with Crippen molar-refractivity contribution in [2.75, 3.05) is 5.75 Å². The predicted molar refractivity (Wildman–Crippen MR) is 80.4 cm³/mol. The molecule has 1 aliphatic rings. The van der Waals surface area contributed by atoms with Gasteiger partial charge in [-0.2, -0.15) is 5.26 Å². The zero-order chi connectivity index (χ0) is 13.1. The van der Waals surface area contributed by atoms with Gasteiger partial charge in [0.05, 0.1) is 0 Å². The van der Waals surface area contributed by atoms with Crippen LogP contribution in [0.15, 0.2) is 41.3 Å². The molecule has 0 amide bonds. The van der Waals surface area contributed by atoms with Gasteiger partial charge in [-0.3, -0.25) is 0 Å². The van der Waals surface area contributed by atoms with E-state index in [-0.39, 0.29) is 0 Å². The first-order valence-corrected chi connectivity index (χ1v) is 8.11. The van der Waals surface area contributed by atoms with Crippen LogP contribution in [-0.4, -0.2) is 5.75 Å². The Balaban J connectivity index is 1.70. The molecule has 0 bridgehead atoms. The van der Waals surface area contributed by atoms with Crippen LogP contribution < -0.4 is 5.32 Å². The van der Waals surface area contributed by atoms with E-state index in [1.807, 2.05) is 23.9 Å². The van der Waals surface area contributed by atoms with E-state index in [9.17, 15) is 0 Å². The maximum atomic E-state index is 8.84. The SMILES string of the molecule is N#Cc1ccc(CNC2CCSc3ccccc32)s1. The Bertz CT molecular complexity index is 613. The van der Waals surface area contributed by atoms with Gasteiger partial charge in [-0.15, -0.1) is 23.1 Å². The van der Waals surface area contributed by atoms with Gasteiger partial charge >= 0.3 is 0 Å². The summed E-state index contributed by atoms with van der Waals surface area (Å²) in [5.41, 5.74) is 1.41. The quantitative estimate of drug-likeness (QED) is 0.928. The molecule has 96 valence electrons. The van der Waals surface area contributed by atoms with E-state index in [0.717, 1.165) is 17.8 Å². The van der Waals surface area contributed by atoms with E-state index in [2.05, 4.69) is 35.7 Å². The molecule has 1 aliphatic heterocycles. The fourth-order valence-electron chi connectivity index (χ4n) is 2.31. The minimum Gasteiger partial charge on any atom is -0.305 e. The maximum absolute atomic E-state index is 8.84. The number of benzene rings is 1. The van der Waals surface area contributed by atoms with Gasteiger partial charge < -0.3 is 5.32 Å². The van der Waals surface area contributed by atoms with Crippen LogP contribution >= 0.6 is 23.1 Å². The molecule has 2 nitrogen and oxygen atoms in total. The average Bonchev–Trinajstić information content (AvgIpc) is 2.93. The van der Waals surface area contributed by atoms with Crippen molar-refractivity contribution in [3.8, 4) is 6.07 Å². The largest absolute Gasteiger partial charge is 0.305 e. The molecule has 0 fully saturated rings. The molecule has 4 heteroatoms. The highest BCUT2D eigenvalue weighted by atomic mass is 32.2. The number of thiophene rings is 1. The van der Waals surface area contributed by atoms with E-state index < -0.39 is 0 Å². The molecule has 19 heavy (non-hydrogen) atoms. The van der Waals surface area contributed by atoms with Crippen molar-refractivity contribution < 1.29 is 0 Å². The topological polar surface area (TPSA) is 35.8 Å². The van der Waals surface area contributed by atoms with Gasteiger partial charge in [0.25, 0.3) is 0 Å². The first kappa shape index (κ1) is 12.7. The number of nitrogens with one attached hydrogen (secondary N) is 1. The number of thioether (sulfide) groups is 1. The number of hydrogen-bond acceptors (Lipinski definition) is 4. The second kappa shape index (κ2) is 5.79. The smallest absolute Gasteiger partial charge is 0.110 e. The monoisotopic (exact) mass is 286 g/mol. The standard InChI is InChI=1S/C15H14N2S2/c16-9-11-5-6-12(19-11)10-17-14-7-8-18-15-4-2-1-3-13(14)15/h1-6,14,17H,7-8,10H2.